The van der Waals surface area contributed by atoms with Gasteiger partial charge in [0.05, 0.1) is 7.11 Å². The molecule has 1 aliphatic rings. The van der Waals surface area contributed by atoms with Gasteiger partial charge in [-0.15, -0.1) is 0 Å². The molecule has 2 rings (SSSR count). The van der Waals surface area contributed by atoms with Crippen LogP contribution in [0.3, 0.4) is 0 Å². The molecule has 0 saturated carbocycles. The molecule has 1 amide bonds. The summed E-state index contributed by atoms with van der Waals surface area (Å²) in [4.78, 5) is 13.2. The van der Waals surface area contributed by atoms with E-state index in [-0.39, 0.29) is 12.1 Å². The number of likely N-dealkylation sites (tertiary alicyclic amines) is 1. The van der Waals surface area contributed by atoms with E-state index in [0.29, 0.717) is 12.5 Å². The third-order valence-electron chi connectivity index (χ3n) is 3.11. The van der Waals surface area contributed by atoms with Gasteiger partial charge in [-0.05, 0) is 41.1 Å². The molecule has 1 saturated heterocycles. The standard InChI is InChI=1S/C12H18N2O2S/c1-16-12(15)14-6-10(5-11(13)7-14)4-9-2-3-17-8-9/h2-3,8,10-11H,4-7,13H2,1H3. The number of piperidine rings is 1. The molecular weight excluding hydrogens is 236 g/mol. The molecule has 1 aromatic heterocycles. The van der Waals surface area contributed by atoms with E-state index in [4.69, 9.17) is 10.5 Å². The highest BCUT2D eigenvalue weighted by Crippen LogP contribution is 2.21. The van der Waals surface area contributed by atoms with Crippen molar-refractivity contribution < 1.29 is 9.53 Å². The van der Waals surface area contributed by atoms with Crippen molar-refractivity contribution in [2.75, 3.05) is 20.2 Å². The fraction of sp³-hybridized carbons (Fsp3) is 0.583. The Bertz CT molecular complexity index is 367. The summed E-state index contributed by atoms with van der Waals surface area (Å²) in [5, 5.41) is 4.23. The molecule has 1 aromatic rings. The van der Waals surface area contributed by atoms with Gasteiger partial charge in [-0.3, -0.25) is 0 Å². The normalized spacial score (nSPS) is 24.7. The SMILES string of the molecule is COC(=O)N1CC(N)CC(Cc2ccsc2)C1. The summed E-state index contributed by atoms with van der Waals surface area (Å²) in [5.74, 6) is 0.437. The summed E-state index contributed by atoms with van der Waals surface area (Å²) >= 11 is 1.70. The van der Waals surface area contributed by atoms with Crippen LogP contribution in [0.4, 0.5) is 4.79 Å². The molecule has 0 aromatic carbocycles. The summed E-state index contributed by atoms with van der Waals surface area (Å²) in [6.07, 6.45) is 1.70. The number of hydrogen-bond acceptors (Lipinski definition) is 4. The molecule has 17 heavy (non-hydrogen) atoms. The number of nitrogens with zero attached hydrogens (tertiary/aromatic N) is 1. The molecule has 94 valence electrons. The Hall–Kier alpha value is -1.07. The van der Waals surface area contributed by atoms with E-state index in [9.17, 15) is 4.79 Å². The van der Waals surface area contributed by atoms with Crippen molar-refractivity contribution in [2.45, 2.75) is 18.9 Å². The van der Waals surface area contributed by atoms with Crippen LogP contribution < -0.4 is 5.73 Å². The van der Waals surface area contributed by atoms with Gasteiger partial charge in [0, 0.05) is 19.1 Å². The quantitative estimate of drug-likeness (QED) is 0.874. The van der Waals surface area contributed by atoms with Crippen LogP contribution in [0.5, 0.6) is 0 Å². The van der Waals surface area contributed by atoms with E-state index in [1.807, 2.05) is 0 Å². The van der Waals surface area contributed by atoms with Gasteiger partial charge >= 0.3 is 6.09 Å². The second-order valence-corrected chi connectivity index (χ2v) is 5.35. The largest absolute Gasteiger partial charge is 0.453 e. The number of hydrogen-bond donors (Lipinski definition) is 1. The molecule has 0 aliphatic carbocycles. The Morgan fingerprint density at radius 3 is 3.12 bits per heavy atom. The van der Waals surface area contributed by atoms with Gasteiger partial charge in [0.15, 0.2) is 0 Å². The van der Waals surface area contributed by atoms with Crippen molar-refractivity contribution in [3.63, 3.8) is 0 Å². The predicted molar refractivity (Wildman–Crippen MR) is 68.1 cm³/mol. The summed E-state index contributed by atoms with van der Waals surface area (Å²) in [6.45, 7) is 1.35. The number of ether oxygens (including phenoxy) is 1. The summed E-state index contributed by atoms with van der Waals surface area (Å²) in [7, 11) is 1.41. The van der Waals surface area contributed by atoms with Crippen LogP contribution in [0.25, 0.3) is 0 Å². The van der Waals surface area contributed by atoms with E-state index >= 15 is 0 Å². The molecule has 0 bridgehead atoms. The van der Waals surface area contributed by atoms with E-state index in [1.165, 1.54) is 12.7 Å². The Labute approximate surface area is 105 Å². The zero-order chi connectivity index (χ0) is 12.3. The Morgan fingerprint density at radius 2 is 2.47 bits per heavy atom. The maximum Gasteiger partial charge on any atom is 0.409 e. The Balaban J connectivity index is 1.96. The van der Waals surface area contributed by atoms with Crippen LogP contribution in [0.2, 0.25) is 0 Å². The van der Waals surface area contributed by atoms with Gasteiger partial charge < -0.3 is 15.4 Å². The highest BCUT2D eigenvalue weighted by Gasteiger charge is 2.28. The van der Waals surface area contributed by atoms with Gasteiger partial charge in [0.25, 0.3) is 0 Å². The van der Waals surface area contributed by atoms with Crippen molar-refractivity contribution in [2.24, 2.45) is 11.7 Å². The molecule has 2 unspecified atom stereocenters. The highest BCUT2D eigenvalue weighted by atomic mass is 32.1. The van der Waals surface area contributed by atoms with Gasteiger partial charge in [0.1, 0.15) is 0 Å². The van der Waals surface area contributed by atoms with Crippen LogP contribution in [0.15, 0.2) is 16.8 Å². The van der Waals surface area contributed by atoms with Crippen LogP contribution >= 0.6 is 11.3 Å². The third kappa shape index (κ3) is 3.20. The second kappa shape index (κ2) is 5.51. The first-order valence-electron chi connectivity index (χ1n) is 5.78. The molecule has 2 N–H and O–H groups in total. The minimum Gasteiger partial charge on any atom is -0.453 e. The van der Waals surface area contributed by atoms with Gasteiger partial charge in [-0.1, -0.05) is 0 Å². The lowest BCUT2D eigenvalue weighted by atomic mass is 9.90. The maximum atomic E-state index is 11.5. The number of methoxy groups -OCH3 is 1. The molecule has 1 aliphatic heterocycles. The van der Waals surface area contributed by atoms with Crippen LogP contribution in [0, 0.1) is 5.92 Å². The maximum absolute atomic E-state index is 11.5. The predicted octanol–water partition coefficient (Wildman–Crippen LogP) is 1.71. The van der Waals surface area contributed by atoms with E-state index in [2.05, 4.69) is 16.8 Å². The van der Waals surface area contributed by atoms with Crippen LogP contribution in [-0.2, 0) is 11.2 Å². The lowest BCUT2D eigenvalue weighted by Crippen LogP contribution is -2.49. The lowest BCUT2D eigenvalue weighted by molar-refractivity contribution is 0.0962. The average molecular weight is 254 g/mol. The zero-order valence-electron chi connectivity index (χ0n) is 9.96. The first-order chi connectivity index (χ1) is 8.19. The molecule has 2 heterocycles. The van der Waals surface area contributed by atoms with E-state index in [0.717, 1.165) is 19.4 Å². The fourth-order valence-corrected chi connectivity index (χ4v) is 3.10. The minimum atomic E-state index is -0.268. The first kappa shape index (κ1) is 12.4. The van der Waals surface area contributed by atoms with Crippen LogP contribution in [0.1, 0.15) is 12.0 Å². The number of thiophene rings is 1. The average Bonchev–Trinajstić information content (AvgIpc) is 2.80. The summed E-state index contributed by atoms with van der Waals surface area (Å²) < 4.78 is 4.76. The van der Waals surface area contributed by atoms with Crippen molar-refractivity contribution in [1.82, 2.24) is 4.90 Å². The van der Waals surface area contributed by atoms with Crippen molar-refractivity contribution >= 4 is 17.4 Å². The van der Waals surface area contributed by atoms with Gasteiger partial charge in [0.2, 0.25) is 0 Å². The summed E-state index contributed by atoms with van der Waals surface area (Å²) in [6, 6.07) is 2.19. The third-order valence-corrected chi connectivity index (χ3v) is 3.84. The van der Waals surface area contributed by atoms with Gasteiger partial charge in [-0.2, -0.15) is 11.3 Å². The van der Waals surface area contributed by atoms with Crippen LogP contribution in [-0.4, -0.2) is 37.2 Å². The molecule has 2 atom stereocenters. The zero-order valence-corrected chi connectivity index (χ0v) is 10.8. The van der Waals surface area contributed by atoms with Gasteiger partial charge in [-0.25, -0.2) is 4.79 Å². The molecule has 0 spiro atoms. The number of amides is 1. The topological polar surface area (TPSA) is 55.6 Å². The number of nitrogens with two attached hydrogens (primary N) is 1. The highest BCUT2D eigenvalue weighted by molar-refractivity contribution is 7.07. The number of carbonyl (C=O) groups excluding carboxylic acids is 1. The lowest BCUT2D eigenvalue weighted by Gasteiger charge is -2.35. The monoisotopic (exact) mass is 254 g/mol. The summed E-state index contributed by atoms with van der Waals surface area (Å²) in [5.41, 5.74) is 7.32. The Kier molecular flexibility index (Phi) is 4.02. The van der Waals surface area contributed by atoms with E-state index in [1.54, 1.807) is 16.2 Å². The smallest absolute Gasteiger partial charge is 0.409 e. The van der Waals surface area contributed by atoms with Crippen molar-refractivity contribution in [3.05, 3.63) is 22.4 Å². The number of carbonyl (C=O) groups is 1. The first-order valence-corrected chi connectivity index (χ1v) is 6.73. The molecule has 5 heteroatoms. The fourth-order valence-electron chi connectivity index (χ4n) is 2.41. The molecular formula is C12H18N2O2S. The molecule has 1 fully saturated rings. The molecule has 0 radical (unpaired) electrons. The minimum absolute atomic E-state index is 0.0616. The number of rotatable bonds is 2. The van der Waals surface area contributed by atoms with E-state index < -0.39 is 0 Å². The molecule has 4 nitrogen and oxygen atoms in total. The van der Waals surface area contributed by atoms with Crippen molar-refractivity contribution in [3.8, 4) is 0 Å². The second-order valence-electron chi connectivity index (χ2n) is 4.57. The Morgan fingerprint density at radius 1 is 1.65 bits per heavy atom. The van der Waals surface area contributed by atoms with Crippen molar-refractivity contribution in [1.29, 1.82) is 0 Å².